The average Bonchev–Trinajstić information content (AvgIpc) is 2.38. The second kappa shape index (κ2) is 5.89. The Morgan fingerprint density at radius 3 is 2.42 bits per heavy atom. The lowest BCUT2D eigenvalue weighted by molar-refractivity contribution is -0.117. The van der Waals surface area contributed by atoms with Crippen LogP contribution in [-0.4, -0.2) is 10.9 Å². The molecule has 98 valence electrons. The predicted molar refractivity (Wildman–Crippen MR) is 76.7 cm³/mol. The van der Waals surface area contributed by atoms with Crippen molar-refractivity contribution < 1.29 is 9.90 Å². The Bertz CT molecular complexity index is 558. The van der Waals surface area contributed by atoms with Crippen LogP contribution in [0.1, 0.15) is 30.4 Å². The van der Waals surface area contributed by atoms with Gasteiger partial charge in [-0.3, -0.25) is 4.79 Å². The molecule has 3 heteroatoms. The molecule has 0 saturated carbocycles. The van der Waals surface area contributed by atoms with E-state index in [1.807, 2.05) is 30.3 Å². The summed E-state index contributed by atoms with van der Waals surface area (Å²) in [6.07, 6.45) is 0.321. The number of benzene rings is 2. The molecule has 2 aromatic carbocycles. The number of halogens is 1. The van der Waals surface area contributed by atoms with Gasteiger partial charge in [0.25, 0.3) is 0 Å². The number of phenolic OH excluding ortho intramolecular Hbond substituents is 1. The van der Waals surface area contributed by atoms with E-state index in [2.05, 4.69) is 0 Å². The van der Waals surface area contributed by atoms with Crippen LogP contribution in [0.5, 0.6) is 5.75 Å². The molecule has 0 heterocycles. The van der Waals surface area contributed by atoms with Crippen LogP contribution in [0.4, 0.5) is 0 Å². The van der Waals surface area contributed by atoms with Crippen LogP contribution in [-0.2, 0) is 4.79 Å². The van der Waals surface area contributed by atoms with Gasteiger partial charge < -0.3 is 5.11 Å². The summed E-state index contributed by atoms with van der Waals surface area (Å²) < 4.78 is 0. The molecule has 2 rings (SSSR count). The van der Waals surface area contributed by atoms with Crippen molar-refractivity contribution in [1.82, 2.24) is 0 Å². The van der Waals surface area contributed by atoms with Crippen LogP contribution in [0.2, 0.25) is 5.02 Å². The van der Waals surface area contributed by atoms with Crippen molar-refractivity contribution in [3.63, 3.8) is 0 Å². The Kier molecular flexibility index (Phi) is 4.23. The number of ketones is 1. The summed E-state index contributed by atoms with van der Waals surface area (Å²) in [6.45, 7) is 1.55. The molecular weight excluding hydrogens is 260 g/mol. The molecule has 2 aromatic rings. The van der Waals surface area contributed by atoms with Crippen molar-refractivity contribution in [2.24, 2.45) is 0 Å². The summed E-state index contributed by atoms with van der Waals surface area (Å²) in [5, 5.41) is 10.5. The Balaban J connectivity index is 2.52. The molecular formula is C16H15ClO2. The highest BCUT2D eigenvalue weighted by Gasteiger charge is 2.21. The van der Waals surface area contributed by atoms with Crippen molar-refractivity contribution >= 4 is 17.4 Å². The lowest BCUT2D eigenvalue weighted by Gasteiger charge is -2.19. The fourth-order valence-electron chi connectivity index (χ4n) is 2.23. The predicted octanol–water partition coefficient (Wildman–Crippen LogP) is 4.16. The van der Waals surface area contributed by atoms with Gasteiger partial charge in [0.15, 0.2) is 0 Å². The third-order valence-corrected chi connectivity index (χ3v) is 3.40. The van der Waals surface area contributed by atoms with E-state index >= 15 is 0 Å². The molecule has 0 unspecified atom stereocenters. The highest BCUT2D eigenvalue weighted by molar-refractivity contribution is 6.31. The van der Waals surface area contributed by atoms with Crippen molar-refractivity contribution in [2.75, 3.05) is 0 Å². The smallest absolute Gasteiger partial charge is 0.130 e. The van der Waals surface area contributed by atoms with E-state index in [9.17, 15) is 9.90 Å². The minimum absolute atomic E-state index is 0.0631. The van der Waals surface area contributed by atoms with Crippen LogP contribution < -0.4 is 0 Å². The topological polar surface area (TPSA) is 37.3 Å². The highest BCUT2D eigenvalue weighted by Crippen LogP contribution is 2.38. The van der Waals surface area contributed by atoms with Gasteiger partial charge in [-0.15, -0.1) is 0 Å². The van der Waals surface area contributed by atoms with Crippen LogP contribution in [0.3, 0.4) is 0 Å². The van der Waals surface area contributed by atoms with Gasteiger partial charge in [0, 0.05) is 22.9 Å². The maximum Gasteiger partial charge on any atom is 0.130 e. The molecule has 1 N–H and O–H groups in total. The number of hydrogen-bond acceptors (Lipinski definition) is 2. The second-order valence-electron chi connectivity index (χ2n) is 4.54. The number of Topliss-reactive ketones (excluding diaryl/α,β-unsaturated/α-hetero) is 1. The third-order valence-electron chi connectivity index (χ3n) is 3.07. The fourth-order valence-corrected chi connectivity index (χ4v) is 2.53. The number of phenols is 1. The molecule has 2 nitrogen and oxygen atoms in total. The first-order valence-corrected chi connectivity index (χ1v) is 6.49. The summed E-state index contributed by atoms with van der Waals surface area (Å²) in [4.78, 5) is 11.5. The first kappa shape index (κ1) is 13.6. The monoisotopic (exact) mass is 274 g/mol. The SMILES string of the molecule is CC(=O)C[C@H](c1ccccc1)c1c(O)cccc1Cl. The van der Waals surface area contributed by atoms with Crippen molar-refractivity contribution in [3.05, 3.63) is 64.7 Å². The van der Waals surface area contributed by atoms with Crippen molar-refractivity contribution in [3.8, 4) is 5.75 Å². The van der Waals surface area contributed by atoms with Crippen LogP contribution in [0.15, 0.2) is 48.5 Å². The Labute approximate surface area is 117 Å². The summed E-state index contributed by atoms with van der Waals surface area (Å²) >= 11 is 6.19. The van der Waals surface area contributed by atoms with E-state index in [0.717, 1.165) is 5.56 Å². The molecule has 0 amide bonds. The summed E-state index contributed by atoms with van der Waals surface area (Å²) in [5.74, 6) is -0.0248. The fraction of sp³-hybridized carbons (Fsp3) is 0.188. The first-order valence-electron chi connectivity index (χ1n) is 6.11. The molecule has 0 aliphatic rings. The van der Waals surface area contributed by atoms with E-state index < -0.39 is 0 Å². The zero-order chi connectivity index (χ0) is 13.8. The van der Waals surface area contributed by atoms with Gasteiger partial charge in [-0.1, -0.05) is 48.0 Å². The number of hydrogen-bond donors (Lipinski definition) is 1. The van der Waals surface area contributed by atoms with E-state index in [0.29, 0.717) is 17.0 Å². The summed E-state index contributed by atoms with van der Waals surface area (Å²) in [7, 11) is 0. The second-order valence-corrected chi connectivity index (χ2v) is 4.95. The maximum atomic E-state index is 11.5. The molecule has 0 fully saturated rings. The maximum absolute atomic E-state index is 11.5. The average molecular weight is 275 g/mol. The van der Waals surface area contributed by atoms with E-state index in [4.69, 9.17) is 11.6 Å². The van der Waals surface area contributed by atoms with Crippen LogP contribution in [0.25, 0.3) is 0 Å². The van der Waals surface area contributed by atoms with Crippen LogP contribution >= 0.6 is 11.6 Å². The van der Waals surface area contributed by atoms with Gasteiger partial charge in [0.05, 0.1) is 0 Å². The van der Waals surface area contributed by atoms with E-state index in [1.54, 1.807) is 25.1 Å². The van der Waals surface area contributed by atoms with Crippen molar-refractivity contribution in [2.45, 2.75) is 19.3 Å². The molecule has 1 atom stereocenters. The van der Waals surface area contributed by atoms with Crippen LogP contribution in [0, 0.1) is 0 Å². The molecule has 0 spiro atoms. The molecule has 0 aliphatic heterocycles. The minimum Gasteiger partial charge on any atom is -0.508 e. The molecule has 0 aliphatic carbocycles. The Hall–Kier alpha value is -1.80. The molecule has 0 aromatic heterocycles. The minimum atomic E-state index is -0.215. The lowest BCUT2D eigenvalue weighted by atomic mass is 9.87. The number of aromatic hydroxyl groups is 1. The van der Waals surface area contributed by atoms with E-state index in [1.165, 1.54) is 0 Å². The number of carbonyl (C=O) groups is 1. The van der Waals surface area contributed by atoms with E-state index in [-0.39, 0.29) is 17.5 Å². The molecule has 19 heavy (non-hydrogen) atoms. The first-order chi connectivity index (χ1) is 9.09. The number of carbonyl (C=O) groups excluding carboxylic acids is 1. The highest BCUT2D eigenvalue weighted by atomic mass is 35.5. The zero-order valence-electron chi connectivity index (χ0n) is 10.6. The number of rotatable bonds is 4. The Morgan fingerprint density at radius 1 is 1.16 bits per heavy atom. The quantitative estimate of drug-likeness (QED) is 0.909. The van der Waals surface area contributed by atoms with Gasteiger partial charge >= 0.3 is 0 Å². The van der Waals surface area contributed by atoms with Gasteiger partial charge in [-0.2, -0.15) is 0 Å². The summed E-state index contributed by atoms with van der Waals surface area (Å²) in [6, 6.07) is 14.6. The Morgan fingerprint density at radius 2 is 1.84 bits per heavy atom. The van der Waals surface area contributed by atoms with Gasteiger partial charge in [0.2, 0.25) is 0 Å². The third kappa shape index (κ3) is 3.15. The zero-order valence-corrected chi connectivity index (χ0v) is 11.4. The summed E-state index contributed by atoms with van der Waals surface area (Å²) in [5.41, 5.74) is 1.59. The van der Waals surface area contributed by atoms with Gasteiger partial charge in [-0.25, -0.2) is 0 Å². The molecule has 0 radical (unpaired) electrons. The van der Waals surface area contributed by atoms with Gasteiger partial charge in [0.1, 0.15) is 11.5 Å². The normalized spacial score (nSPS) is 12.1. The molecule has 0 bridgehead atoms. The largest absolute Gasteiger partial charge is 0.508 e. The lowest BCUT2D eigenvalue weighted by Crippen LogP contribution is -2.07. The van der Waals surface area contributed by atoms with Gasteiger partial charge in [-0.05, 0) is 24.6 Å². The molecule has 0 saturated heterocycles. The standard InChI is InChI=1S/C16H15ClO2/c1-11(18)10-13(12-6-3-2-4-7-12)16-14(17)8-5-9-15(16)19/h2-9,13,19H,10H2,1H3/t13-/m1/s1. The van der Waals surface area contributed by atoms with Crippen molar-refractivity contribution in [1.29, 1.82) is 0 Å².